The summed E-state index contributed by atoms with van der Waals surface area (Å²) in [4.78, 5) is 2.48. The molecule has 1 heteroatoms. The van der Waals surface area contributed by atoms with E-state index in [1.807, 2.05) is 11.8 Å². The molecule has 0 saturated heterocycles. The van der Waals surface area contributed by atoms with E-state index < -0.39 is 0 Å². The van der Waals surface area contributed by atoms with E-state index in [-0.39, 0.29) is 43.3 Å². The van der Waals surface area contributed by atoms with Crippen molar-refractivity contribution >= 4 is 11.8 Å². The monoisotopic (exact) mass is 993 g/mol. The van der Waals surface area contributed by atoms with Crippen molar-refractivity contribution < 1.29 is 0 Å². The lowest BCUT2D eigenvalue weighted by atomic mass is 9.66. The van der Waals surface area contributed by atoms with Gasteiger partial charge in [-0.05, 0) is 173 Å². The van der Waals surface area contributed by atoms with Gasteiger partial charge in [0.25, 0.3) is 0 Å². The van der Waals surface area contributed by atoms with Crippen LogP contribution in [0, 0.1) is 39.8 Å². The standard InChI is InChI=1S/C72H96S/c1-43-34-50(65(5,6)7)58(51(35-43)66(8,9)10)48-42-49(59-52(67(11,12)13)36-44(2)37-53(59)68(14,15)16)61(63-56(71(23,24)25)40-46(4)41-57(63)72(26,27)28)64(73-47-32-30-29-31-33-47)60(48)62-54(69(17,18)19)38-45(3)39-55(62)70(20,21)22/h30-41H,1-28H3. The van der Waals surface area contributed by atoms with E-state index in [0.717, 1.165) is 0 Å². The molecule has 0 aliphatic heterocycles. The Kier molecular flexibility index (Phi) is 15.4. The molecule has 0 amide bonds. The predicted molar refractivity (Wildman–Crippen MR) is 325 cm³/mol. The Morgan fingerprint density at radius 1 is 0.288 bits per heavy atom. The van der Waals surface area contributed by atoms with Crippen molar-refractivity contribution in [1.29, 1.82) is 0 Å². The van der Waals surface area contributed by atoms with Crippen LogP contribution in [0.15, 0.2) is 82.6 Å². The molecule has 390 valence electrons. The lowest BCUT2D eigenvalue weighted by Crippen LogP contribution is -2.24. The van der Waals surface area contributed by atoms with Crippen LogP contribution in [0.3, 0.4) is 0 Å². The van der Waals surface area contributed by atoms with Crippen molar-refractivity contribution in [1.82, 2.24) is 0 Å². The van der Waals surface area contributed by atoms with E-state index in [0.29, 0.717) is 0 Å². The van der Waals surface area contributed by atoms with E-state index >= 15 is 0 Å². The number of hydrogen-bond acceptors (Lipinski definition) is 1. The van der Waals surface area contributed by atoms with Gasteiger partial charge in [-0.25, -0.2) is 0 Å². The van der Waals surface area contributed by atoms with Gasteiger partial charge in [-0.15, -0.1) is 0 Å². The van der Waals surface area contributed by atoms with Crippen LogP contribution in [-0.4, -0.2) is 0 Å². The molecule has 6 aromatic rings. The third kappa shape index (κ3) is 12.0. The Morgan fingerprint density at radius 2 is 0.493 bits per heavy atom. The van der Waals surface area contributed by atoms with Crippen LogP contribution in [0.1, 0.15) is 233 Å². The maximum atomic E-state index is 4.75. The van der Waals surface area contributed by atoms with Crippen LogP contribution in [0.25, 0.3) is 44.5 Å². The summed E-state index contributed by atoms with van der Waals surface area (Å²) < 4.78 is 0. The lowest BCUT2D eigenvalue weighted by molar-refractivity contribution is 0.567. The van der Waals surface area contributed by atoms with Gasteiger partial charge in [-0.2, -0.15) is 0 Å². The van der Waals surface area contributed by atoms with E-state index in [4.69, 9.17) is 6.07 Å². The number of rotatable bonds is 6. The van der Waals surface area contributed by atoms with Gasteiger partial charge in [-0.1, -0.05) is 261 Å². The van der Waals surface area contributed by atoms with Gasteiger partial charge in [0.2, 0.25) is 0 Å². The summed E-state index contributed by atoms with van der Waals surface area (Å²) >= 11 is 1.95. The van der Waals surface area contributed by atoms with Crippen LogP contribution < -0.4 is 0 Å². The molecule has 0 heterocycles. The van der Waals surface area contributed by atoms with E-state index in [1.165, 1.54) is 121 Å². The second-order valence-electron chi connectivity index (χ2n) is 30.2. The fourth-order valence-corrected chi connectivity index (χ4v) is 12.2. The zero-order valence-corrected chi connectivity index (χ0v) is 52.2. The first kappa shape index (κ1) is 57.9. The van der Waals surface area contributed by atoms with Gasteiger partial charge >= 0.3 is 0 Å². The molecule has 0 saturated carbocycles. The first-order valence-electron chi connectivity index (χ1n) is 27.3. The molecule has 0 atom stereocenters. The highest BCUT2D eigenvalue weighted by atomic mass is 32.2. The summed E-state index contributed by atoms with van der Waals surface area (Å²) in [5.74, 6) is 0. The number of benzene rings is 6. The molecular formula is C72H96S. The van der Waals surface area contributed by atoms with Crippen molar-refractivity contribution in [2.24, 2.45) is 0 Å². The van der Waals surface area contributed by atoms with Crippen LogP contribution >= 0.6 is 11.8 Å². The summed E-state index contributed by atoms with van der Waals surface area (Å²) in [6, 6.07) is 37.0. The van der Waals surface area contributed by atoms with Gasteiger partial charge in [0.15, 0.2) is 0 Å². The average molecular weight is 994 g/mol. The largest absolute Gasteiger partial charge is 0.0887 e. The zero-order valence-electron chi connectivity index (χ0n) is 51.3. The highest BCUT2D eigenvalue weighted by molar-refractivity contribution is 7.99. The molecule has 0 N–H and O–H groups in total. The normalized spacial score (nSPS) is 13.5. The maximum Gasteiger partial charge on any atom is 0.0292 e. The fourth-order valence-electron chi connectivity index (χ4n) is 11.1. The Hall–Kier alpha value is -4.33. The number of aryl methyl sites for hydroxylation is 4. The fraction of sp³-hybridized carbons (Fsp3) is 0.500. The second kappa shape index (κ2) is 19.4. The Bertz CT molecular complexity index is 2710. The molecule has 6 aromatic carbocycles. The number of hydrogen-bond donors (Lipinski definition) is 0. The van der Waals surface area contributed by atoms with Gasteiger partial charge in [-0.3, -0.25) is 0 Å². The minimum Gasteiger partial charge on any atom is -0.0887 e. The molecule has 73 heavy (non-hydrogen) atoms. The molecule has 0 aliphatic carbocycles. The summed E-state index contributed by atoms with van der Waals surface area (Å²) in [5, 5.41) is 0. The molecule has 0 unspecified atom stereocenters. The third-order valence-electron chi connectivity index (χ3n) is 14.7. The van der Waals surface area contributed by atoms with Crippen molar-refractivity contribution in [3.8, 4) is 44.5 Å². The van der Waals surface area contributed by atoms with Gasteiger partial charge in [0, 0.05) is 20.9 Å². The second-order valence-corrected chi connectivity index (χ2v) is 31.3. The molecule has 2 radical (unpaired) electrons. The average Bonchev–Trinajstić information content (AvgIpc) is 3.20. The van der Waals surface area contributed by atoms with E-state index in [9.17, 15) is 0 Å². The minimum absolute atomic E-state index is 0.201. The molecular weight excluding hydrogens is 897 g/mol. The van der Waals surface area contributed by atoms with Crippen molar-refractivity contribution in [3.05, 3.63) is 152 Å². The zero-order chi connectivity index (χ0) is 55.3. The SMILES string of the molecule is Cc1cc(C(C)(C)C)c(-c2[c]c(-c3c(C(C)(C)C)cc(C)cc3C(C)(C)C)c(-c3c(C(C)(C)C)cc(C)cc3C(C)(C)C)c(Sc3cc[c]cc3)c2-c2c(C(C)(C)C)cc(C)cc2C(C)(C)C)c(C(C)(C)C)c1. The van der Waals surface area contributed by atoms with Crippen LogP contribution in [-0.2, 0) is 43.3 Å². The summed E-state index contributed by atoms with van der Waals surface area (Å²) in [7, 11) is 0. The molecule has 0 spiro atoms. The van der Waals surface area contributed by atoms with Crippen LogP contribution in [0.4, 0.5) is 0 Å². The van der Waals surface area contributed by atoms with Crippen LogP contribution in [0.5, 0.6) is 0 Å². The van der Waals surface area contributed by atoms with Crippen molar-refractivity contribution in [3.63, 3.8) is 0 Å². The highest BCUT2D eigenvalue weighted by Crippen LogP contribution is 2.60. The Labute approximate surface area is 452 Å². The molecule has 6 rings (SSSR count). The quantitative estimate of drug-likeness (QED) is 0.160. The molecule has 0 aromatic heterocycles. The van der Waals surface area contributed by atoms with Gasteiger partial charge < -0.3 is 0 Å². The van der Waals surface area contributed by atoms with Crippen LogP contribution in [0.2, 0.25) is 0 Å². The molecule has 0 nitrogen and oxygen atoms in total. The minimum atomic E-state index is -0.207. The molecule has 0 fully saturated rings. The Morgan fingerprint density at radius 3 is 0.699 bits per heavy atom. The first-order valence-corrected chi connectivity index (χ1v) is 28.2. The topological polar surface area (TPSA) is 0 Å². The van der Waals surface area contributed by atoms with E-state index in [2.05, 4.69) is 273 Å². The summed E-state index contributed by atoms with van der Waals surface area (Å²) in [6.45, 7) is 67.4. The predicted octanol–water partition coefficient (Wildman–Crippen LogP) is 21.7. The Balaban J connectivity index is 2.30. The molecule has 0 aliphatic rings. The van der Waals surface area contributed by atoms with Crippen molar-refractivity contribution in [2.75, 3.05) is 0 Å². The smallest absolute Gasteiger partial charge is 0.0292 e. The van der Waals surface area contributed by atoms with Gasteiger partial charge in [0.1, 0.15) is 0 Å². The highest BCUT2D eigenvalue weighted by Gasteiger charge is 2.40. The molecule has 0 bridgehead atoms. The maximum absolute atomic E-state index is 4.75. The lowest BCUT2D eigenvalue weighted by Gasteiger charge is -2.39. The summed E-state index contributed by atoms with van der Waals surface area (Å²) in [6.07, 6.45) is 0. The summed E-state index contributed by atoms with van der Waals surface area (Å²) in [5.41, 5.74) is 24.7. The first-order chi connectivity index (χ1) is 32.9. The third-order valence-corrected chi connectivity index (χ3v) is 15.8. The van der Waals surface area contributed by atoms with E-state index in [1.54, 1.807) is 0 Å². The van der Waals surface area contributed by atoms with Crippen molar-refractivity contribution in [2.45, 2.75) is 247 Å². The van der Waals surface area contributed by atoms with Gasteiger partial charge in [0.05, 0.1) is 0 Å².